The SMILES string of the molecule is CC1(C)N=C(N)N=C(N)N1OCCN1C(=O)c2cc(Cl)c(Cl)cc2C1=O. The van der Waals surface area contributed by atoms with E-state index >= 15 is 0 Å². The molecule has 0 aliphatic carbocycles. The van der Waals surface area contributed by atoms with Gasteiger partial charge in [-0.2, -0.15) is 10.1 Å². The minimum Gasteiger partial charge on any atom is -0.368 e. The molecule has 2 aliphatic rings. The van der Waals surface area contributed by atoms with Gasteiger partial charge in [-0.05, 0) is 26.0 Å². The highest BCUT2D eigenvalue weighted by atomic mass is 35.5. The molecule has 138 valence electrons. The fourth-order valence-corrected chi connectivity index (χ4v) is 3.06. The highest BCUT2D eigenvalue weighted by Crippen LogP contribution is 2.31. The maximum Gasteiger partial charge on any atom is 0.261 e. The highest BCUT2D eigenvalue weighted by Gasteiger charge is 2.37. The fraction of sp³-hybridized carbons (Fsp3) is 0.333. The van der Waals surface area contributed by atoms with E-state index in [1.54, 1.807) is 13.8 Å². The number of nitrogens with zero attached hydrogens (tertiary/aromatic N) is 4. The summed E-state index contributed by atoms with van der Waals surface area (Å²) in [5.41, 5.74) is 10.9. The van der Waals surface area contributed by atoms with Gasteiger partial charge < -0.3 is 11.5 Å². The van der Waals surface area contributed by atoms with Crippen LogP contribution in [0, 0.1) is 0 Å². The molecule has 4 N–H and O–H groups in total. The molecule has 3 rings (SSSR count). The lowest BCUT2D eigenvalue weighted by atomic mass is 10.1. The number of hydroxylamine groups is 2. The lowest BCUT2D eigenvalue weighted by Gasteiger charge is -2.36. The number of halogens is 2. The molecular weight excluding hydrogens is 383 g/mol. The Balaban J connectivity index is 1.69. The van der Waals surface area contributed by atoms with Gasteiger partial charge in [0.15, 0.2) is 5.66 Å². The Kier molecular flexibility index (Phi) is 4.55. The summed E-state index contributed by atoms with van der Waals surface area (Å²) < 4.78 is 0. The first-order valence-electron chi connectivity index (χ1n) is 7.59. The van der Waals surface area contributed by atoms with Crippen molar-refractivity contribution in [1.29, 1.82) is 0 Å². The molecule has 2 heterocycles. The van der Waals surface area contributed by atoms with E-state index in [0.29, 0.717) is 0 Å². The van der Waals surface area contributed by atoms with Gasteiger partial charge in [-0.15, -0.1) is 0 Å². The third-order valence-electron chi connectivity index (χ3n) is 3.87. The Morgan fingerprint density at radius 3 is 2.15 bits per heavy atom. The van der Waals surface area contributed by atoms with Crippen molar-refractivity contribution in [3.8, 4) is 0 Å². The van der Waals surface area contributed by atoms with Crippen LogP contribution in [0.3, 0.4) is 0 Å². The predicted molar refractivity (Wildman–Crippen MR) is 96.9 cm³/mol. The summed E-state index contributed by atoms with van der Waals surface area (Å²) in [5.74, 6) is -0.854. The second-order valence-electron chi connectivity index (χ2n) is 6.14. The molecule has 0 bridgehead atoms. The van der Waals surface area contributed by atoms with Gasteiger partial charge in [0, 0.05) is 0 Å². The molecule has 2 amide bonds. The third kappa shape index (κ3) is 3.09. The number of hydrogen-bond donors (Lipinski definition) is 2. The quantitative estimate of drug-likeness (QED) is 0.733. The lowest BCUT2D eigenvalue weighted by Crippen LogP contribution is -2.54. The Hall–Kier alpha value is -2.36. The number of carbonyl (C=O) groups excluding carboxylic acids is 2. The van der Waals surface area contributed by atoms with E-state index in [1.807, 2.05) is 0 Å². The van der Waals surface area contributed by atoms with E-state index in [2.05, 4.69) is 9.98 Å². The first-order chi connectivity index (χ1) is 12.1. The number of benzene rings is 1. The van der Waals surface area contributed by atoms with Crippen molar-refractivity contribution in [2.24, 2.45) is 21.5 Å². The summed E-state index contributed by atoms with van der Waals surface area (Å²) in [6, 6.07) is 2.77. The fourth-order valence-electron chi connectivity index (χ4n) is 2.73. The van der Waals surface area contributed by atoms with Crippen molar-refractivity contribution in [3.63, 3.8) is 0 Å². The summed E-state index contributed by atoms with van der Waals surface area (Å²) in [6.07, 6.45) is 0. The minimum absolute atomic E-state index is 0.000636. The smallest absolute Gasteiger partial charge is 0.261 e. The monoisotopic (exact) mass is 398 g/mol. The number of hydrogen-bond acceptors (Lipinski definition) is 8. The number of aliphatic imine (C=N–C) groups is 2. The van der Waals surface area contributed by atoms with Crippen LogP contribution in [0.15, 0.2) is 22.1 Å². The van der Waals surface area contributed by atoms with Crippen LogP contribution in [-0.2, 0) is 4.84 Å². The molecular formula is C15H16Cl2N6O3. The van der Waals surface area contributed by atoms with Gasteiger partial charge >= 0.3 is 0 Å². The zero-order valence-corrected chi connectivity index (χ0v) is 15.5. The van der Waals surface area contributed by atoms with Gasteiger partial charge in [-0.25, -0.2) is 4.99 Å². The molecule has 0 atom stereocenters. The van der Waals surface area contributed by atoms with Crippen molar-refractivity contribution in [2.45, 2.75) is 19.5 Å². The number of carbonyl (C=O) groups is 2. The maximum atomic E-state index is 12.4. The lowest BCUT2D eigenvalue weighted by molar-refractivity contribution is -0.157. The Bertz CT molecular complexity index is 826. The van der Waals surface area contributed by atoms with Gasteiger partial charge in [0.25, 0.3) is 11.8 Å². The number of imide groups is 1. The van der Waals surface area contributed by atoms with E-state index in [-0.39, 0.29) is 46.2 Å². The molecule has 0 saturated carbocycles. The molecule has 0 fully saturated rings. The maximum absolute atomic E-state index is 12.4. The van der Waals surface area contributed by atoms with Crippen LogP contribution in [-0.4, -0.2) is 52.5 Å². The van der Waals surface area contributed by atoms with E-state index < -0.39 is 17.5 Å². The molecule has 1 aromatic rings. The molecule has 0 saturated heterocycles. The largest absolute Gasteiger partial charge is 0.368 e. The zero-order chi connectivity index (χ0) is 19.2. The number of fused-ring (bicyclic) bond motifs is 1. The average molecular weight is 399 g/mol. The van der Waals surface area contributed by atoms with Gasteiger partial charge in [0.1, 0.15) is 0 Å². The van der Waals surface area contributed by atoms with Crippen LogP contribution < -0.4 is 11.5 Å². The average Bonchev–Trinajstić information content (AvgIpc) is 2.74. The summed E-state index contributed by atoms with van der Waals surface area (Å²) in [7, 11) is 0. The van der Waals surface area contributed by atoms with Crippen molar-refractivity contribution in [2.75, 3.05) is 13.2 Å². The molecule has 11 heteroatoms. The van der Waals surface area contributed by atoms with Crippen LogP contribution in [0.5, 0.6) is 0 Å². The highest BCUT2D eigenvalue weighted by molar-refractivity contribution is 6.43. The first kappa shape index (κ1) is 18.4. The van der Waals surface area contributed by atoms with Crippen LogP contribution >= 0.6 is 23.2 Å². The summed E-state index contributed by atoms with van der Waals surface area (Å²) in [4.78, 5) is 39.5. The van der Waals surface area contributed by atoms with E-state index in [4.69, 9.17) is 39.5 Å². The predicted octanol–water partition coefficient (Wildman–Crippen LogP) is 1.20. The molecule has 0 spiro atoms. The minimum atomic E-state index is -0.876. The van der Waals surface area contributed by atoms with Crippen molar-refractivity contribution < 1.29 is 14.4 Å². The van der Waals surface area contributed by atoms with Crippen molar-refractivity contribution in [1.82, 2.24) is 9.96 Å². The van der Waals surface area contributed by atoms with Gasteiger partial charge in [0.05, 0.1) is 34.3 Å². The normalized spacial score (nSPS) is 18.8. The Labute approximate surface area is 159 Å². The van der Waals surface area contributed by atoms with E-state index in [0.717, 1.165) is 4.90 Å². The first-order valence-corrected chi connectivity index (χ1v) is 8.35. The molecule has 0 unspecified atom stereocenters. The Morgan fingerprint density at radius 1 is 1.12 bits per heavy atom. The summed E-state index contributed by atoms with van der Waals surface area (Å²) in [6.45, 7) is 3.45. The second-order valence-corrected chi connectivity index (χ2v) is 6.95. The van der Waals surface area contributed by atoms with E-state index in [1.165, 1.54) is 17.2 Å². The molecule has 2 aliphatic heterocycles. The van der Waals surface area contributed by atoms with Crippen LogP contribution in [0.1, 0.15) is 34.6 Å². The van der Waals surface area contributed by atoms with Crippen molar-refractivity contribution >= 4 is 46.9 Å². The second kappa shape index (κ2) is 6.42. The molecule has 26 heavy (non-hydrogen) atoms. The van der Waals surface area contributed by atoms with Crippen molar-refractivity contribution in [3.05, 3.63) is 33.3 Å². The summed E-state index contributed by atoms with van der Waals surface area (Å²) >= 11 is 11.8. The number of nitrogens with two attached hydrogens (primary N) is 2. The number of guanidine groups is 2. The van der Waals surface area contributed by atoms with Crippen LogP contribution in [0.25, 0.3) is 0 Å². The number of amides is 2. The number of rotatable bonds is 4. The Morgan fingerprint density at radius 2 is 1.65 bits per heavy atom. The standard InChI is InChI=1S/C15H16Cl2N6O3/c1-15(2)21-13(18)20-14(19)23(15)26-4-3-22-11(24)7-5-9(16)10(17)6-8(7)12(22)25/h5-6H,3-4H2,1-2H3,(H4,18,19,20,21). The van der Waals surface area contributed by atoms with Gasteiger partial charge in [0.2, 0.25) is 11.9 Å². The third-order valence-corrected chi connectivity index (χ3v) is 4.59. The summed E-state index contributed by atoms with van der Waals surface area (Å²) in [5, 5.41) is 1.69. The zero-order valence-electron chi connectivity index (χ0n) is 14.0. The molecule has 9 nitrogen and oxygen atoms in total. The molecule has 0 radical (unpaired) electrons. The molecule has 1 aromatic carbocycles. The van der Waals surface area contributed by atoms with Crippen LogP contribution in [0.2, 0.25) is 10.0 Å². The van der Waals surface area contributed by atoms with E-state index in [9.17, 15) is 9.59 Å². The van der Waals surface area contributed by atoms with Crippen LogP contribution in [0.4, 0.5) is 0 Å². The van der Waals surface area contributed by atoms with Gasteiger partial charge in [-0.1, -0.05) is 23.2 Å². The molecule has 0 aromatic heterocycles. The topological polar surface area (TPSA) is 127 Å². The van der Waals surface area contributed by atoms with Gasteiger partial charge in [-0.3, -0.25) is 19.3 Å².